The summed E-state index contributed by atoms with van der Waals surface area (Å²) in [5.41, 5.74) is 7.20. The van der Waals surface area contributed by atoms with Gasteiger partial charge >= 0.3 is 0 Å². The number of hydrogen-bond donors (Lipinski definition) is 1. The summed E-state index contributed by atoms with van der Waals surface area (Å²) in [6, 6.07) is 26.9. The van der Waals surface area contributed by atoms with Crippen LogP contribution in [0.5, 0.6) is 0 Å². The molecule has 9 rings (SSSR count). The third-order valence-electron chi connectivity index (χ3n) is 9.16. The molecule has 43 heavy (non-hydrogen) atoms. The molecule has 2 atom stereocenters. The Kier molecular flexibility index (Phi) is 6.51. The zero-order valence-electron chi connectivity index (χ0n) is 24.0. The molecular weight excluding hydrogens is 534 g/mol. The Morgan fingerprint density at radius 2 is 1.63 bits per heavy atom. The number of benzene rings is 2. The number of piperidine rings is 1. The van der Waals surface area contributed by atoms with Crippen molar-refractivity contribution in [2.75, 3.05) is 49.1 Å². The summed E-state index contributed by atoms with van der Waals surface area (Å²) in [5.74, 6) is 0.988. The smallest absolute Gasteiger partial charge is 0.128 e. The van der Waals surface area contributed by atoms with E-state index in [-0.39, 0.29) is 0 Å². The summed E-state index contributed by atoms with van der Waals surface area (Å²) in [6.45, 7) is 7.00. The van der Waals surface area contributed by atoms with Crippen LogP contribution < -0.4 is 15.1 Å². The third-order valence-corrected chi connectivity index (χ3v) is 9.16. The predicted octanol–water partition coefficient (Wildman–Crippen LogP) is 4.20. The highest BCUT2D eigenvalue weighted by atomic mass is 15.4. The number of aromatic nitrogens is 4. The second-order valence-electron chi connectivity index (χ2n) is 11.7. The van der Waals surface area contributed by atoms with Gasteiger partial charge in [0.15, 0.2) is 0 Å². The molecule has 9 nitrogen and oxygen atoms in total. The van der Waals surface area contributed by atoms with E-state index in [4.69, 9.17) is 9.97 Å². The van der Waals surface area contributed by atoms with Gasteiger partial charge in [-0.1, -0.05) is 42.5 Å². The van der Waals surface area contributed by atoms with E-state index >= 15 is 0 Å². The zero-order chi connectivity index (χ0) is 28.8. The molecule has 2 unspecified atom stereocenters. The van der Waals surface area contributed by atoms with E-state index in [0.29, 0.717) is 28.9 Å². The standard InChI is InChI=1S/C34H33N9/c35-17-27-19-38-43-23-31(25-6-9-28(10-7-25)40-14-12-36-13-15-40)39-33(34(27)43)26-8-11-32(37-18-26)41-21-29-16-30(22-41)42(29)20-24-4-2-1-3-5-24/h1-11,18-19,23,29-30,36H,12-16,20-22H2. The van der Waals surface area contributed by atoms with Gasteiger partial charge in [-0.25, -0.2) is 14.5 Å². The lowest BCUT2D eigenvalue weighted by atomic mass is 9.86. The molecule has 0 amide bonds. The number of hydrogen-bond acceptors (Lipinski definition) is 8. The lowest BCUT2D eigenvalue weighted by Crippen LogP contribution is -2.68. The van der Waals surface area contributed by atoms with E-state index in [1.807, 2.05) is 12.4 Å². The fourth-order valence-corrected chi connectivity index (χ4v) is 6.84. The highest BCUT2D eigenvalue weighted by molar-refractivity contribution is 5.83. The number of nitrogens with one attached hydrogen (secondary N) is 1. The van der Waals surface area contributed by atoms with Crippen molar-refractivity contribution in [1.82, 2.24) is 29.8 Å². The van der Waals surface area contributed by atoms with Gasteiger partial charge < -0.3 is 15.1 Å². The van der Waals surface area contributed by atoms with Crippen LogP contribution in [0, 0.1) is 11.3 Å². The Labute approximate surface area is 251 Å². The molecule has 214 valence electrons. The van der Waals surface area contributed by atoms with Crippen LogP contribution in [0.15, 0.2) is 85.3 Å². The maximum atomic E-state index is 9.83. The zero-order valence-corrected chi connectivity index (χ0v) is 24.0. The minimum atomic E-state index is 0.502. The highest BCUT2D eigenvalue weighted by Gasteiger charge is 2.44. The van der Waals surface area contributed by atoms with Crippen molar-refractivity contribution >= 4 is 17.0 Å². The van der Waals surface area contributed by atoms with E-state index < -0.39 is 0 Å². The van der Waals surface area contributed by atoms with E-state index in [0.717, 1.165) is 68.5 Å². The summed E-state index contributed by atoms with van der Waals surface area (Å²) in [7, 11) is 0. The first-order chi connectivity index (χ1) is 21.2. The average Bonchev–Trinajstić information content (AvgIpc) is 3.51. The van der Waals surface area contributed by atoms with Crippen LogP contribution in [-0.4, -0.2) is 75.8 Å². The molecule has 0 radical (unpaired) electrons. The number of rotatable bonds is 6. The summed E-state index contributed by atoms with van der Waals surface area (Å²) < 4.78 is 1.77. The van der Waals surface area contributed by atoms with E-state index in [1.165, 1.54) is 17.7 Å². The number of anilines is 2. The Morgan fingerprint density at radius 3 is 2.35 bits per heavy atom. The third kappa shape index (κ3) is 4.79. The molecule has 0 saturated carbocycles. The molecule has 0 spiro atoms. The first-order valence-electron chi connectivity index (χ1n) is 15.1. The SMILES string of the molecule is N#Cc1cnn2cc(-c3ccc(N4CCNCC4)cc3)nc(-c3ccc(N4CC5CC(C4)N5Cc4ccccc4)nc3)c12. The molecule has 9 heteroatoms. The first-order valence-corrected chi connectivity index (χ1v) is 15.1. The molecule has 3 aromatic heterocycles. The second kappa shape index (κ2) is 10.8. The largest absolute Gasteiger partial charge is 0.369 e. The Hall–Kier alpha value is -4.78. The fraction of sp³-hybridized carbons (Fsp3) is 0.294. The van der Waals surface area contributed by atoms with Crippen LogP contribution in [-0.2, 0) is 6.54 Å². The van der Waals surface area contributed by atoms with Gasteiger partial charge in [0.1, 0.15) is 23.0 Å². The molecule has 0 aliphatic carbocycles. The number of nitriles is 1. The van der Waals surface area contributed by atoms with Crippen molar-refractivity contribution < 1.29 is 0 Å². The first kappa shape index (κ1) is 25.9. The maximum absolute atomic E-state index is 9.83. The van der Waals surface area contributed by atoms with Crippen molar-refractivity contribution in [3.05, 3.63) is 96.4 Å². The summed E-state index contributed by atoms with van der Waals surface area (Å²) in [5, 5.41) is 17.7. The van der Waals surface area contributed by atoms with Crippen molar-refractivity contribution in [1.29, 1.82) is 5.26 Å². The molecular formula is C34H33N9. The summed E-state index contributed by atoms with van der Waals surface area (Å²) in [4.78, 5) is 17.4. The Balaban J connectivity index is 1.05. The van der Waals surface area contributed by atoms with Crippen LogP contribution in [0.1, 0.15) is 17.5 Å². The van der Waals surface area contributed by atoms with Crippen LogP contribution in [0.2, 0.25) is 0 Å². The Morgan fingerprint density at radius 1 is 0.860 bits per heavy atom. The monoisotopic (exact) mass is 567 g/mol. The van der Waals surface area contributed by atoms with Gasteiger partial charge in [0.2, 0.25) is 0 Å². The van der Waals surface area contributed by atoms with Gasteiger partial charge in [0.25, 0.3) is 0 Å². The highest BCUT2D eigenvalue weighted by Crippen LogP contribution is 2.36. The van der Waals surface area contributed by atoms with Crippen LogP contribution in [0.4, 0.5) is 11.5 Å². The molecule has 2 bridgehead atoms. The van der Waals surface area contributed by atoms with Gasteiger partial charge in [0, 0.05) is 80.9 Å². The maximum Gasteiger partial charge on any atom is 0.128 e. The second-order valence-corrected chi connectivity index (χ2v) is 11.7. The number of piperazine rings is 2. The molecule has 4 aliphatic rings. The number of fused-ring (bicyclic) bond motifs is 3. The van der Waals surface area contributed by atoms with Gasteiger partial charge in [-0.15, -0.1) is 0 Å². The average molecular weight is 568 g/mol. The summed E-state index contributed by atoms with van der Waals surface area (Å²) in [6.07, 6.45) is 6.67. The normalized spacial score (nSPS) is 20.2. The van der Waals surface area contributed by atoms with Crippen LogP contribution in [0.25, 0.3) is 28.0 Å². The van der Waals surface area contributed by atoms with E-state index in [1.54, 1.807) is 10.7 Å². The van der Waals surface area contributed by atoms with Crippen molar-refractivity contribution in [2.24, 2.45) is 0 Å². The quantitative estimate of drug-likeness (QED) is 0.327. The topological polar surface area (TPSA) is 88.6 Å². The molecule has 2 aromatic carbocycles. The van der Waals surface area contributed by atoms with Crippen LogP contribution >= 0.6 is 0 Å². The van der Waals surface area contributed by atoms with E-state index in [9.17, 15) is 5.26 Å². The van der Waals surface area contributed by atoms with Gasteiger partial charge in [-0.2, -0.15) is 10.4 Å². The van der Waals surface area contributed by atoms with Gasteiger partial charge in [-0.05, 0) is 36.2 Å². The van der Waals surface area contributed by atoms with Crippen LogP contribution in [0.3, 0.4) is 0 Å². The molecule has 5 aromatic rings. The lowest BCUT2D eigenvalue weighted by Gasteiger charge is -2.56. The summed E-state index contributed by atoms with van der Waals surface area (Å²) >= 11 is 0. The molecule has 4 fully saturated rings. The van der Waals surface area contributed by atoms with Crippen molar-refractivity contribution in [3.8, 4) is 28.6 Å². The van der Waals surface area contributed by atoms with E-state index in [2.05, 4.69) is 97.9 Å². The predicted molar refractivity (Wildman–Crippen MR) is 168 cm³/mol. The van der Waals surface area contributed by atoms with Crippen molar-refractivity contribution in [3.63, 3.8) is 0 Å². The van der Waals surface area contributed by atoms with Gasteiger partial charge in [-0.3, -0.25) is 4.90 Å². The minimum absolute atomic E-state index is 0.502. The molecule has 4 aliphatic heterocycles. The van der Waals surface area contributed by atoms with Crippen molar-refractivity contribution in [2.45, 2.75) is 25.0 Å². The lowest BCUT2D eigenvalue weighted by molar-refractivity contribution is -0.00867. The molecule has 1 N–H and O–H groups in total. The number of nitrogens with zero attached hydrogens (tertiary/aromatic N) is 8. The minimum Gasteiger partial charge on any atom is -0.369 e. The fourth-order valence-electron chi connectivity index (χ4n) is 6.84. The molecule has 7 heterocycles. The van der Waals surface area contributed by atoms with Gasteiger partial charge in [0.05, 0.1) is 23.8 Å². The Bertz CT molecular complexity index is 1770. The molecule has 4 saturated heterocycles. The number of pyridine rings is 1.